The van der Waals surface area contributed by atoms with E-state index >= 15 is 0 Å². The van der Waals surface area contributed by atoms with Gasteiger partial charge in [-0.15, -0.1) is 12.6 Å². The monoisotopic (exact) mass is 673 g/mol. The second-order valence-corrected chi connectivity index (χ2v) is 10.2. The number of rotatable bonds is 13. The Morgan fingerprint density at radius 1 is 1.00 bits per heavy atom. The Hall–Kier alpha value is -3.22. The summed E-state index contributed by atoms with van der Waals surface area (Å²) >= 11 is 0. The molecule has 246 valence electrons. The molecule has 0 bridgehead atoms. The van der Waals surface area contributed by atoms with Crippen molar-refractivity contribution in [2.75, 3.05) is 25.0 Å². The zero-order valence-corrected chi connectivity index (χ0v) is 28.5. The Morgan fingerprint density at radius 3 is 2.13 bits per heavy atom. The average Bonchev–Trinajstić information content (AvgIpc) is 3.01. The first kappa shape index (κ1) is 40.8. The number of aliphatic hydroxyl groups excluding tert-OH is 2. The number of amides is 3. The van der Waals surface area contributed by atoms with Crippen LogP contribution in [0, 0.1) is 0 Å². The van der Waals surface area contributed by atoms with Crippen LogP contribution in [0.3, 0.4) is 0 Å². The van der Waals surface area contributed by atoms with Gasteiger partial charge in [-0.3, -0.25) is 19.2 Å². The van der Waals surface area contributed by atoms with Crippen molar-refractivity contribution in [2.24, 2.45) is 0 Å². The number of nitrogens with zero attached hydrogens (tertiary/aromatic N) is 1. The largest absolute Gasteiger partial charge is 1.00 e. The van der Waals surface area contributed by atoms with Crippen LogP contribution in [-0.2, 0) is 29.7 Å². The topological polar surface area (TPSA) is 229 Å². The van der Waals surface area contributed by atoms with E-state index in [1.807, 2.05) is 6.07 Å². The fourth-order valence-corrected chi connectivity index (χ4v) is 4.36. The molecule has 1 heterocycles. The maximum Gasteiger partial charge on any atom is 1.00 e. The van der Waals surface area contributed by atoms with Crippen molar-refractivity contribution >= 4 is 39.8 Å². The maximum atomic E-state index is 12.6. The molecule has 1 fully saturated rings. The Kier molecular flexibility index (Phi) is 18.5. The molecular formula is C29H36N3NaO12S. The summed E-state index contributed by atoms with van der Waals surface area (Å²) in [6, 6.07) is 13.8. The van der Waals surface area contributed by atoms with E-state index in [1.165, 1.54) is 24.0 Å². The third kappa shape index (κ3) is 13.6. The zero-order chi connectivity index (χ0) is 33.5. The van der Waals surface area contributed by atoms with Gasteiger partial charge >= 0.3 is 40.2 Å². The molecule has 15 nitrogen and oxygen atoms in total. The summed E-state index contributed by atoms with van der Waals surface area (Å²) in [5.41, 5.74) is 1.02. The Morgan fingerprint density at radius 2 is 1.59 bits per heavy atom. The fraction of sp³-hybridized carbons (Fsp3) is 0.448. The van der Waals surface area contributed by atoms with Crippen molar-refractivity contribution in [3.8, 4) is 5.75 Å². The Bertz CT molecular complexity index is 1390. The van der Waals surface area contributed by atoms with Crippen LogP contribution in [-0.4, -0.2) is 102 Å². The molecule has 0 spiro atoms. The van der Waals surface area contributed by atoms with Crippen LogP contribution in [0.15, 0.2) is 54.6 Å². The number of nitrogens with one attached hydrogen (secondary N) is 2. The van der Waals surface area contributed by atoms with Gasteiger partial charge in [-0.25, -0.2) is 0 Å². The number of aliphatic hydroxyl groups is 2. The molecule has 0 saturated carbocycles. The molecule has 2 aromatic rings. The van der Waals surface area contributed by atoms with E-state index in [0.29, 0.717) is 11.3 Å². The second kappa shape index (κ2) is 20.8. The average molecular weight is 674 g/mol. The van der Waals surface area contributed by atoms with E-state index in [9.17, 15) is 34.5 Å². The SMILES string of the molecule is CCC(=O)N(CCC(=O)Nc1ccc(O[C@@H]2OC(CO)[C@H]([O-])[C@H](O)C2NC(C)=O)cc1)CCC(=O)c1ccccc1.O=S(=O)=O.[Na+]. The number of carbonyl (C=O) groups is 4. The molecule has 4 N–H and O–H groups in total. The second-order valence-electron chi connectivity index (χ2n) is 9.83. The molecule has 46 heavy (non-hydrogen) atoms. The molecular weight excluding hydrogens is 637 g/mol. The first-order valence-electron chi connectivity index (χ1n) is 13.9. The van der Waals surface area contributed by atoms with Crippen LogP contribution in [0.25, 0.3) is 0 Å². The smallest absolute Gasteiger partial charge is 0.848 e. The quantitative estimate of drug-likeness (QED) is 0.119. The van der Waals surface area contributed by atoms with Gasteiger partial charge in [0.15, 0.2) is 5.78 Å². The maximum absolute atomic E-state index is 12.6. The van der Waals surface area contributed by atoms with E-state index in [-0.39, 0.29) is 85.3 Å². The van der Waals surface area contributed by atoms with Crippen molar-refractivity contribution in [1.29, 1.82) is 0 Å². The predicted molar refractivity (Wildman–Crippen MR) is 155 cm³/mol. The summed E-state index contributed by atoms with van der Waals surface area (Å²) in [5.74, 6) is -0.805. The van der Waals surface area contributed by atoms with Crippen molar-refractivity contribution in [1.82, 2.24) is 10.2 Å². The first-order valence-corrected chi connectivity index (χ1v) is 14.9. The molecule has 5 atom stereocenters. The Balaban J connectivity index is 0.00000199. The van der Waals surface area contributed by atoms with Gasteiger partial charge in [0, 0.05) is 50.5 Å². The minimum atomic E-state index is -3.11. The Labute approximate surface area is 289 Å². The summed E-state index contributed by atoms with van der Waals surface area (Å²) in [5, 5.41) is 37.2. The number of ketones is 1. The van der Waals surface area contributed by atoms with E-state index in [2.05, 4.69) is 10.6 Å². The molecule has 1 aliphatic rings. The van der Waals surface area contributed by atoms with Crippen LogP contribution in [0.2, 0.25) is 0 Å². The number of hydrogen-bond acceptors (Lipinski definition) is 12. The summed E-state index contributed by atoms with van der Waals surface area (Å²) in [4.78, 5) is 50.5. The summed E-state index contributed by atoms with van der Waals surface area (Å²) in [6.45, 7) is 2.68. The van der Waals surface area contributed by atoms with Gasteiger partial charge in [0.25, 0.3) is 0 Å². The summed E-state index contributed by atoms with van der Waals surface area (Å²) < 4.78 is 36.6. The van der Waals surface area contributed by atoms with Gasteiger partial charge in [-0.05, 0) is 24.3 Å². The van der Waals surface area contributed by atoms with Gasteiger partial charge in [0.05, 0.1) is 18.8 Å². The molecule has 0 aromatic heterocycles. The number of hydrogen-bond donors (Lipinski definition) is 4. The molecule has 3 rings (SSSR count). The van der Waals surface area contributed by atoms with Crippen LogP contribution >= 0.6 is 0 Å². The summed E-state index contributed by atoms with van der Waals surface area (Å²) in [7, 11) is -3.11. The molecule has 1 saturated heterocycles. The van der Waals surface area contributed by atoms with E-state index in [1.54, 1.807) is 43.3 Å². The summed E-state index contributed by atoms with van der Waals surface area (Å²) in [6.07, 6.45) is -5.28. The van der Waals surface area contributed by atoms with Crippen molar-refractivity contribution in [2.45, 2.75) is 63.8 Å². The number of Topliss-reactive ketones (excluding diaryl/α,β-unsaturated/α-hetero) is 1. The van der Waals surface area contributed by atoms with Crippen LogP contribution in [0.4, 0.5) is 5.69 Å². The van der Waals surface area contributed by atoms with Gasteiger partial charge in [0.1, 0.15) is 11.8 Å². The molecule has 17 heteroatoms. The number of benzene rings is 2. The van der Waals surface area contributed by atoms with Gasteiger partial charge in [0.2, 0.25) is 24.0 Å². The third-order valence-corrected chi connectivity index (χ3v) is 6.58. The van der Waals surface area contributed by atoms with E-state index < -0.39 is 53.8 Å². The molecule has 0 radical (unpaired) electrons. The van der Waals surface area contributed by atoms with Gasteiger partial charge in [-0.1, -0.05) is 43.4 Å². The third-order valence-electron chi connectivity index (χ3n) is 6.58. The number of carbonyl (C=O) groups excluding carboxylic acids is 4. The molecule has 2 aromatic carbocycles. The minimum absolute atomic E-state index is 0. The number of anilines is 1. The van der Waals surface area contributed by atoms with Crippen molar-refractivity contribution in [3.05, 3.63) is 60.2 Å². The predicted octanol–water partition coefficient (Wildman–Crippen LogP) is -3.78. The van der Waals surface area contributed by atoms with Crippen LogP contribution < -0.4 is 50.0 Å². The van der Waals surface area contributed by atoms with Crippen molar-refractivity contribution in [3.63, 3.8) is 0 Å². The van der Waals surface area contributed by atoms with Crippen LogP contribution in [0.5, 0.6) is 5.75 Å². The standard InChI is InChI=1S/C29H36N3O9.Na.O3S/c1-3-25(37)32(15-13-22(35)19-7-5-4-6-8-19)16-14-24(36)31-20-9-11-21(12-10-20)40-29-26(30-18(2)34)28(39)27(38)23(17-33)41-29;;1-4(2)3/h4-12,23,26-29,33,39H,3,13-17H2,1-2H3,(H,30,34)(H,31,36);;/q-1;+1;/t23?,26?,27-,28+,29+;;/m0../s1. The van der Waals surface area contributed by atoms with E-state index in [4.69, 9.17) is 22.1 Å². The molecule has 0 aliphatic carbocycles. The zero-order valence-electron chi connectivity index (χ0n) is 25.7. The van der Waals surface area contributed by atoms with Gasteiger partial charge < -0.3 is 40.3 Å². The van der Waals surface area contributed by atoms with Gasteiger partial charge in [-0.2, -0.15) is 0 Å². The number of ether oxygens (including phenoxy) is 2. The van der Waals surface area contributed by atoms with Crippen LogP contribution in [0.1, 0.15) is 43.5 Å². The first-order chi connectivity index (χ1) is 21.4. The van der Waals surface area contributed by atoms with Crippen molar-refractivity contribution < 1.29 is 86.2 Å². The normalized spacial score (nSPS) is 20.1. The minimum Gasteiger partial charge on any atom is -0.848 e. The molecule has 2 unspecified atom stereocenters. The van der Waals surface area contributed by atoms with E-state index in [0.717, 1.165) is 0 Å². The molecule has 1 aliphatic heterocycles. The molecule has 3 amide bonds. The fourth-order valence-electron chi connectivity index (χ4n) is 4.36.